The van der Waals surface area contributed by atoms with E-state index in [2.05, 4.69) is 48.4 Å². The van der Waals surface area contributed by atoms with E-state index in [9.17, 15) is 20.2 Å². The van der Waals surface area contributed by atoms with E-state index in [1.165, 1.54) is 47.2 Å². The van der Waals surface area contributed by atoms with Crippen LogP contribution in [-0.4, -0.2) is 15.8 Å². The molecule has 0 aliphatic heterocycles. The maximum Gasteiger partial charge on any atom is 0.269 e. The van der Waals surface area contributed by atoms with Crippen molar-refractivity contribution in [3.63, 3.8) is 0 Å². The third-order valence-corrected chi connectivity index (χ3v) is 5.49. The van der Waals surface area contributed by atoms with Crippen LogP contribution in [0.25, 0.3) is 6.08 Å². The molecule has 0 saturated heterocycles. The first kappa shape index (κ1) is 21.9. The molecule has 3 aromatic rings. The molecule has 1 heterocycles. The molecule has 0 aliphatic rings. The van der Waals surface area contributed by atoms with Crippen molar-refractivity contribution in [2.75, 3.05) is 5.32 Å². The highest BCUT2D eigenvalue weighted by Crippen LogP contribution is 2.23. The number of carbonyl (C=O) groups excluding carboxylic acids is 1. The Hall–Kier alpha value is -3.83. The molecule has 1 N–H and O–H groups in total. The first-order valence-electron chi connectivity index (χ1n) is 9.57. The van der Waals surface area contributed by atoms with Crippen molar-refractivity contribution in [3.8, 4) is 6.07 Å². The second kappa shape index (κ2) is 9.78. The largest absolute Gasteiger partial charge is 0.297 e. The summed E-state index contributed by atoms with van der Waals surface area (Å²) in [6, 6.07) is 15.9. The Labute approximate surface area is 183 Å². The minimum atomic E-state index is -0.581. The summed E-state index contributed by atoms with van der Waals surface area (Å²) in [5.41, 5.74) is 2.78. The fourth-order valence-electron chi connectivity index (χ4n) is 2.84. The second-order valence-electron chi connectivity index (χ2n) is 7.18. The summed E-state index contributed by atoms with van der Waals surface area (Å²) in [5.74, 6) is -0.101. The number of nitrogens with one attached hydrogen (secondary N) is 1. The maximum absolute atomic E-state index is 12.4. The number of hydrogen-bond acceptors (Lipinski definition) is 6. The predicted molar refractivity (Wildman–Crippen MR) is 121 cm³/mol. The van der Waals surface area contributed by atoms with Crippen molar-refractivity contribution in [3.05, 3.63) is 92.0 Å². The molecule has 1 aromatic heterocycles. The van der Waals surface area contributed by atoms with Crippen molar-refractivity contribution >= 4 is 34.1 Å². The van der Waals surface area contributed by atoms with Gasteiger partial charge in [0.1, 0.15) is 11.6 Å². The summed E-state index contributed by atoms with van der Waals surface area (Å²) >= 11 is 1.35. The number of hydrogen-bond donors (Lipinski definition) is 1. The van der Waals surface area contributed by atoms with Crippen molar-refractivity contribution in [2.45, 2.75) is 26.2 Å². The number of benzene rings is 2. The van der Waals surface area contributed by atoms with E-state index in [-0.39, 0.29) is 11.3 Å². The lowest BCUT2D eigenvalue weighted by molar-refractivity contribution is -0.384. The van der Waals surface area contributed by atoms with Crippen LogP contribution in [0.3, 0.4) is 0 Å². The highest BCUT2D eigenvalue weighted by atomic mass is 32.1. The SMILES string of the molecule is CC(C)c1ccc(Cc2cnc(NC(=O)C(C#N)=Cc3ccc([N+](=O)[O-])cc3)s2)cc1. The van der Waals surface area contributed by atoms with E-state index in [0.717, 1.165) is 10.4 Å². The molecule has 0 spiro atoms. The fraction of sp³-hybridized carbons (Fsp3) is 0.174. The number of rotatable bonds is 7. The Balaban J connectivity index is 1.66. The number of amides is 1. The number of anilines is 1. The minimum Gasteiger partial charge on any atom is -0.297 e. The van der Waals surface area contributed by atoms with Gasteiger partial charge in [-0.25, -0.2) is 4.98 Å². The van der Waals surface area contributed by atoms with Crippen LogP contribution < -0.4 is 5.32 Å². The van der Waals surface area contributed by atoms with Crippen LogP contribution in [0.4, 0.5) is 10.8 Å². The summed E-state index contributed by atoms with van der Waals surface area (Å²) in [6.45, 7) is 4.30. The molecule has 31 heavy (non-hydrogen) atoms. The molecule has 0 aliphatic carbocycles. The molecule has 3 rings (SSSR count). The van der Waals surface area contributed by atoms with Crippen LogP contribution in [0.15, 0.2) is 60.3 Å². The van der Waals surface area contributed by atoms with Gasteiger partial charge in [-0.1, -0.05) is 38.1 Å². The number of carbonyl (C=O) groups is 1. The van der Waals surface area contributed by atoms with E-state index in [0.29, 0.717) is 23.0 Å². The lowest BCUT2D eigenvalue weighted by atomic mass is 10.0. The smallest absolute Gasteiger partial charge is 0.269 e. The molecule has 8 heteroatoms. The molecule has 7 nitrogen and oxygen atoms in total. The van der Waals surface area contributed by atoms with Crippen LogP contribution >= 0.6 is 11.3 Å². The quantitative estimate of drug-likeness (QED) is 0.235. The zero-order valence-electron chi connectivity index (χ0n) is 17.0. The van der Waals surface area contributed by atoms with E-state index in [4.69, 9.17) is 0 Å². The lowest BCUT2D eigenvalue weighted by Gasteiger charge is -2.06. The molecule has 156 valence electrons. The first-order valence-corrected chi connectivity index (χ1v) is 10.4. The van der Waals surface area contributed by atoms with E-state index in [1.807, 2.05) is 6.07 Å². The molecule has 0 atom stereocenters. The second-order valence-corrected chi connectivity index (χ2v) is 8.29. The van der Waals surface area contributed by atoms with Crippen LogP contribution in [0.1, 0.15) is 41.3 Å². The zero-order chi connectivity index (χ0) is 22.4. The van der Waals surface area contributed by atoms with E-state index >= 15 is 0 Å². The highest BCUT2D eigenvalue weighted by molar-refractivity contribution is 7.15. The van der Waals surface area contributed by atoms with Crippen LogP contribution in [0, 0.1) is 21.4 Å². The Morgan fingerprint density at radius 1 is 1.23 bits per heavy atom. The summed E-state index contributed by atoms with van der Waals surface area (Å²) in [5, 5.41) is 23.1. The molecule has 0 fully saturated rings. The Morgan fingerprint density at radius 2 is 1.90 bits per heavy atom. The predicted octanol–water partition coefficient (Wildman–Crippen LogP) is 5.31. The van der Waals surface area contributed by atoms with Crippen molar-refractivity contribution in [1.82, 2.24) is 4.98 Å². The van der Waals surface area contributed by atoms with Gasteiger partial charge in [-0.3, -0.25) is 20.2 Å². The highest BCUT2D eigenvalue weighted by Gasteiger charge is 2.13. The van der Waals surface area contributed by atoms with Gasteiger partial charge < -0.3 is 0 Å². The standard InChI is InChI=1S/C23H20N4O3S/c1-15(2)18-7-3-17(4-8-18)12-21-14-25-23(31-21)26-22(28)19(13-24)11-16-5-9-20(10-6-16)27(29)30/h3-11,14-15H,12H2,1-2H3,(H,25,26,28). The molecule has 1 amide bonds. The number of nitro benzene ring substituents is 1. The Kier molecular flexibility index (Phi) is 6.90. The summed E-state index contributed by atoms with van der Waals surface area (Å²) in [6.07, 6.45) is 3.79. The Bertz CT molecular complexity index is 1160. The maximum atomic E-state index is 12.4. The molecule has 0 bridgehead atoms. The number of nitro groups is 1. The van der Waals surface area contributed by atoms with E-state index in [1.54, 1.807) is 6.20 Å². The van der Waals surface area contributed by atoms with Gasteiger partial charge in [-0.2, -0.15) is 5.26 Å². The summed E-state index contributed by atoms with van der Waals surface area (Å²) in [7, 11) is 0. The number of thiazole rings is 1. The van der Waals surface area contributed by atoms with Gasteiger partial charge in [0.05, 0.1) is 4.92 Å². The number of nitriles is 1. The van der Waals surface area contributed by atoms with Crippen molar-refractivity contribution in [2.24, 2.45) is 0 Å². The molecule has 0 radical (unpaired) electrons. The van der Waals surface area contributed by atoms with Crippen molar-refractivity contribution < 1.29 is 9.72 Å². The van der Waals surface area contributed by atoms with Gasteiger partial charge in [-0.05, 0) is 40.8 Å². The molecule has 0 saturated carbocycles. The van der Waals surface area contributed by atoms with Gasteiger partial charge in [0.25, 0.3) is 11.6 Å². The van der Waals surface area contributed by atoms with Gasteiger partial charge in [0.15, 0.2) is 5.13 Å². The Morgan fingerprint density at radius 3 is 2.48 bits per heavy atom. The minimum absolute atomic E-state index is 0.0609. The number of non-ortho nitro benzene ring substituents is 1. The normalized spacial score (nSPS) is 11.2. The number of aromatic nitrogens is 1. The third kappa shape index (κ3) is 5.84. The van der Waals surface area contributed by atoms with Gasteiger partial charge >= 0.3 is 0 Å². The van der Waals surface area contributed by atoms with Crippen molar-refractivity contribution in [1.29, 1.82) is 5.26 Å². The zero-order valence-corrected chi connectivity index (χ0v) is 17.8. The van der Waals surface area contributed by atoms with E-state index < -0.39 is 10.8 Å². The first-order chi connectivity index (χ1) is 14.9. The topological polar surface area (TPSA) is 109 Å². The van der Waals surface area contributed by atoms with Crippen LogP contribution in [-0.2, 0) is 11.2 Å². The van der Waals surface area contributed by atoms with Crippen LogP contribution in [0.5, 0.6) is 0 Å². The average Bonchev–Trinajstić information content (AvgIpc) is 3.19. The molecule has 2 aromatic carbocycles. The summed E-state index contributed by atoms with van der Waals surface area (Å²) in [4.78, 5) is 27.9. The monoisotopic (exact) mass is 432 g/mol. The van der Waals surface area contributed by atoms with Gasteiger partial charge in [0, 0.05) is 29.6 Å². The van der Waals surface area contributed by atoms with Gasteiger partial charge in [-0.15, -0.1) is 11.3 Å². The number of nitrogens with zero attached hydrogens (tertiary/aromatic N) is 3. The third-order valence-electron chi connectivity index (χ3n) is 4.58. The lowest BCUT2D eigenvalue weighted by Crippen LogP contribution is -2.13. The summed E-state index contributed by atoms with van der Waals surface area (Å²) < 4.78 is 0. The molecular weight excluding hydrogens is 412 g/mol. The fourth-order valence-corrected chi connectivity index (χ4v) is 3.68. The van der Waals surface area contributed by atoms with Crippen LogP contribution in [0.2, 0.25) is 0 Å². The van der Waals surface area contributed by atoms with Gasteiger partial charge in [0.2, 0.25) is 0 Å². The molecule has 0 unspecified atom stereocenters. The molecular formula is C23H20N4O3S. The average molecular weight is 433 g/mol.